The SMILES string of the molecule is C/C(N)=C(/C#N)C(=O)CSc1nc2cc(Cl)ccc2c(=O)n1-c1ccccc1C. The summed E-state index contributed by atoms with van der Waals surface area (Å²) < 4.78 is 1.48. The number of rotatable bonds is 5. The van der Waals surface area contributed by atoms with E-state index < -0.39 is 5.78 Å². The van der Waals surface area contributed by atoms with E-state index in [1.165, 1.54) is 11.5 Å². The molecule has 0 radical (unpaired) electrons. The molecule has 0 saturated carbocycles. The molecule has 0 bridgehead atoms. The summed E-state index contributed by atoms with van der Waals surface area (Å²) in [6, 6.07) is 14.1. The maximum absolute atomic E-state index is 13.3. The number of Topliss-reactive ketones (excluding diaryl/α,β-unsaturated/α-hetero) is 1. The smallest absolute Gasteiger partial charge is 0.266 e. The van der Waals surface area contributed by atoms with E-state index in [1.54, 1.807) is 18.2 Å². The molecule has 1 heterocycles. The maximum Gasteiger partial charge on any atom is 0.266 e. The van der Waals surface area contributed by atoms with Gasteiger partial charge in [0.15, 0.2) is 10.9 Å². The summed E-state index contributed by atoms with van der Waals surface area (Å²) in [6.07, 6.45) is 0. The summed E-state index contributed by atoms with van der Waals surface area (Å²) in [5, 5.41) is 10.4. The van der Waals surface area contributed by atoms with Crippen LogP contribution in [-0.4, -0.2) is 21.1 Å². The van der Waals surface area contributed by atoms with Crippen molar-refractivity contribution >= 4 is 40.0 Å². The normalized spacial score (nSPS) is 11.8. The highest BCUT2D eigenvalue weighted by atomic mass is 35.5. The van der Waals surface area contributed by atoms with Crippen LogP contribution >= 0.6 is 23.4 Å². The highest BCUT2D eigenvalue weighted by Gasteiger charge is 2.18. The van der Waals surface area contributed by atoms with Crippen LogP contribution in [0.1, 0.15) is 12.5 Å². The molecule has 3 rings (SSSR count). The first-order valence-electron chi connectivity index (χ1n) is 8.64. The number of ketones is 1. The van der Waals surface area contributed by atoms with Crippen LogP contribution in [0.3, 0.4) is 0 Å². The lowest BCUT2D eigenvalue weighted by atomic mass is 10.2. The zero-order valence-electron chi connectivity index (χ0n) is 15.8. The number of nitrogens with two attached hydrogens (primary N) is 1. The van der Waals surface area contributed by atoms with Crippen molar-refractivity contribution < 1.29 is 4.79 Å². The Balaban J connectivity index is 2.17. The number of thioether (sulfide) groups is 1. The lowest BCUT2D eigenvalue weighted by Gasteiger charge is -2.15. The Kier molecular flexibility index (Phi) is 6.06. The van der Waals surface area contributed by atoms with Gasteiger partial charge in [0.2, 0.25) is 0 Å². The molecule has 3 aromatic rings. The van der Waals surface area contributed by atoms with E-state index in [-0.39, 0.29) is 22.6 Å². The predicted octanol–water partition coefficient (Wildman–Crippen LogP) is 3.77. The Bertz CT molecular complexity index is 1250. The Morgan fingerprint density at radius 3 is 2.69 bits per heavy atom. The molecule has 0 fully saturated rings. The molecule has 0 amide bonds. The minimum absolute atomic E-state index is 0.0815. The topological polar surface area (TPSA) is 102 Å². The molecular weight excluding hydrogens is 408 g/mol. The van der Waals surface area contributed by atoms with Crippen molar-refractivity contribution in [1.29, 1.82) is 5.26 Å². The van der Waals surface area contributed by atoms with Gasteiger partial charge < -0.3 is 5.73 Å². The monoisotopic (exact) mass is 424 g/mol. The van der Waals surface area contributed by atoms with Crippen molar-refractivity contribution in [2.24, 2.45) is 5.73 Å². The lowest BCUT2D eigenvalue weighted by Crippen LogP contribution is -2.23. The number of carbonyl (C=O) groups is 1. The molecule has 0 spiro atoms. The number of hydrogen-bond donors (Lipinski definition) is 1. The summed E-state index contributed by atoms with van der Waals surface area (Å²) in [5.41, 5.74) is 7.41. The molecule has 0 aliphatic heterocycles. The summed E-state index contributed by atoms with van der Waals surface area (Å²) in [6.45, 7) is 3.39. The molecule has 6 nitrogen and oxygen atoms in total. The average Bonchev–Trinajstić information content (AvgIpc) is 2.67. The minimum Gasteiger partial charge on any atom is -0.401 e. The van der Waals surface area contributed by atoms with Gasteiger partial charge in [-0.3, -0.25) is 14.2 Å². The second kappa shape index (κ2) is 8.52. The number of benzene rings is 2. The van der Waals surface area contributed by atoms with Gasteiger partial charge in [0.05, 0.1) is 22.3 Å². The molecule has 29 heavy (non-hydrogen) atoms. The summed E-state index contributed by atoms with van der Waals surface area (Å²) in [7, 11) is 0. The van der Waals surface area contributed by atoms with Crippen LogP contribution < -0.4 is 11.3 Å². The Labute approximate surface area is 176 Å². The molecule has 8 heteroatoms. The van der Waals surface area contributed by atoms with Gasteiger partial charge in [-0.2, -0.15) is 5.26 Å². The highest BCUT2D eigenvalue weighted by molar-refractivity contribution is 7.99. The third-order valence-corrected chi connectivity index (χ3v) is 5.45. The van der Waals surface area contributed by atoms with Crippen molar-refractivity contribution in [3.05, 3.63) is 74.7 Å². The Hall–Kier alpha value is -3.08. The number of aryl methyl sites for hydroxylation is 1. The van der Waals surface area contributed by atoms with E-state index in [4.69, 9.17) is 22.6 Å². The second-order valence-electron chi connectivity index (χ2n) is 6.36. The first kappa shape index (κ1) is 20.6. The number of para-hydroxylation sites is 1. The number of aromatic nitrogens is 2. The molecule has 0 aliphatic rings. The van der Waals surface area contributed by atoms with E-state index in [9.17, 15) is 9.59 Å². The standard InChI is InChI=1S/C21H17ClN4O2S/c1-12-5-3-4-6-18(12)26-20(28)15-8-7-14(22)9-17(15)25-21(26)29-11-19(27)16(10-23)13(2)24/h3-9H,11,24H2,1-2H3/b16-13+. The number of fused-ring (bicyclic) bond motifs is 1. The van der Waals surface area contributed by atoms with Gasteiger partial charge in [-0.1, -0.05) is 41.6 Å². The van der Waals surface area contributed by atoms with Crippen LogP contribution in [-0.2, 0) is 4.79 Å². The summed E-state index contributed by atoms with van der Waals surface area (Å²) in [4.78, 5) is 30.2. The van der Waals surface area contributed by atoms with E-state index in [2.05, 4.69) is 4.98 Å². The molecule has 0 aliphatic carbocycles. The highest BCUT2D eigenvalue weighted by Crippen LogP contribution is 2.25. The van der Waals surface area contributed by atoms with Gasteiger partial charge in [0.25, 0.3) is 5.56 Å². The molecule has 0 saturated heterocycles. The molecular formula is C21H17ClN4O2S. The van der Waals surface area contributed by atoms with Gasteiger partial charge >= 0.3 is 0 Å². The quantitative estimate of drug-likeness (QED) is 0.289. The number of nitrogens with zero attached hydrogens (tertiary/aromatic N) is 3. The molecule has 2 aromatic carbocycles. The first-order valence-corrected chi connectivity index (χ1v) is 10.0. The van der Waals surface area contributed by atoms with Gasteiger partial charge in [-0.25, -0.2) is 4.98 Å². The minimum atomic E-state index is -0.422. The third kappa shape index (κ3) is 4.19. The van der Waals surface area contributed by atoms with Gasteiger partial charge in [-0.05, 0) is 43.7 Å². The fourth-order valence-electron chi connectivity index (χ4n) is 2.83. The van der Waals surface area contributed by atoms with Crippen molar-refractivity contribution in [1.82, 2.24) is 9.55 Å². The lowest BCUT2D eigenvalue weighted by molar-refractivity contribution is -0.112. The first-order chi connectivity index (χ1) is 13.8. The molecule has 0 unspecified atom stereocenters. The van der Waals surface area contributed by atoms with Crippen LogP contribution in [0.2, 0.25) is 5.02 Å². The Morgan fingerprint density at radius 2 is 2.03 bits per heavy atom. The summed E-state index contributed by atoms with van der Waals surface area (Å²) >= 11 is 7.14. The van der Waals surface area contributed by atoms with Crippen LogP contribution in [0.5, 0.6) is 0 Å². The molecule has 0 atom stereocenters. The zero-order valence-corrected chi connectivity index (χ0v) is 17.3. The van der Waals surface area contributed by atoms with Crippen LogP contribution in [0.15, 0.2) is 63.7 Å². The third-order valence-electron chi connectivity index (χ3n) is 4.27. The fraction of sp³-hybridized carbons (Fsp3) is 0.143. The average molecular weight is 425 g/mol. The molecule has 1 aromatic heterocycles. The number of hydrogen-bond acceptors (Lipinski definition) is 6. The van der Waals surface area contributed by atoms with Gasteiger partial charge in [0, 0.05) is 10.7 Å². The summed E-state index contributed by atoms with van der Waals surface area (Å²) in [5.74, 6) is -0.503. The van der Waals surface area contributed by atoms with Gasteiger partial charge in [-0.15, -0.1) is 0 Å². The van der Waals surface area contributed by atoms with Crippen molar-refractivity contribution in [2.45, 2.75) is 19.0 Å². The number of carbonyl (C=O) groups excluding carboxylic acids is 1. The van der Waals surface area contributed by atoms with Crippen molar-refractivity contribution in [3.8, 4) is 11.8 Å². The van der Waals surface area contributed by atoms with Crippen molar-refractivity contribution in [2.75, 3.05) is 5.75 Å². The van der Waals surface area contributed by atoms with Gasteiger partial charge in [0.1, 0.15) is 11.6 Å². The van der Waals surface area contributed by atoms with Crippen LogP contribution in [0.4, 0.5) is 0 Å². The molecule has 2 N–H and O–H groups in total. The Morgan fingerprint density at radius 1 is 1.31 bits per heavy atom. The van der Waals surface area contributed by atoms with Crippen LogP contribution in [0, 0.1) is 18.3 Å². The van der Waals surface area contributed by atoms with Crippen LogP contribution in [0.25, 0.3) is 16.6 Å². The van der Waals surface area contributed by atoms with E-state index in [0.29, 0.717) is 26.8 Å². The number of halogens is 1. The van der Waals surface area contributed by atoms with E-state index >= 15 is 0 Å². The number of nitriles is 1. The van der Waals surface area contributed by atoms with E-state index in [0.717, 1.165) is 17.3 Å². The predicted molar refractivity (Wildman–Crippen MR) is 115 cm³/mol. The zero-order chi connectivity index (χ0) is 21.1. The van der Waals surface area contributed by atoms with E-state index in [1.807, 2.05) is 37.3 Å². The molecule has 146 valence electrons. The maximum atomic E-state index is 13.3. The number of allylic oxidation sites excluding steroid dienone is 2. The second-order valence-corrected chi connectivity index (χ2v) is 7.74. The largest absolute Gasteiger partial charge is 0.401 e. The van der Waals surface area contributed by atoms with Crippen molar-refractivity contribution in [3.63, 3.8) is 0 Å². The fourth-order valence-corrected chi connectivity index (χ4v) is 3.88.